The fraction of sp³-hybridized carbons (Fsp3) is 0.667. The van der Waals surface area contributed by atoms with Crippen molar-refractivity contribution in [1.82, 2.24) is 10.6 Å². The summed E-state index contributed by atoms with van der Waals surface area (Å²) in [6.07, 6.45) is 1.81. The molecule has 124 valence electrons. The lowest BCUT2D eigenvalue weighted by Crippen LogP contribution is -2.55. The summed E-state index contributed by atoms with van der Waals surface area (Å²) in [5, 5.41) is 15.8. The van der Waals surface area contributed by atoms with Gasteiger partial charge in [0.15, 0.2) is 5.78 Å². The molecule has 0 spiro atoms. The summed E-state index contributed by atoms with van der Waals surface area (Å²) in [5.41, 5.74) is 6.80. The molecule has 1 aliphatic heterocycles. The number of aliphatic hydroxyl groups is 1. The molecule has 7 heteroatoms. The van der Waals surface area contributed by atoms with Crippen molar-refractivity contribution in [2.75, 3.05) is 20.2 Å². The summed E-state index contributed by atoms with van der Waals surface area (Å²) < 4.78 is 0.592. The van der Waals surface area contributed by atoms with Gasteiger partial charge in [0.2, 0.25) is 0 Å². The number of piperidine rings is 1. The van der Waals surface area contributed by atoms with Crippen LogP contribution in [0.2, 0.25) is 4.34 Å². The van der Waals surface area contributed by atoms with Crippen molar-refractivity contribution in [3.05, 3.63) is 20.8 Å². The number of carbonyl (C=O) groups is 1. The van der Waals surface area contributed by atoms with Crippen LogP contribution in [0.3, 0.4) is 0 Å². The number of carbonyl (C=O) groups excluding carboxylic acids is 1. The van der Waals surface area contributed by atoms with Crippen molar-refractivity contribution < 1.29 is 9.90 Å². The van der Waals surface area contributed by atoms with Gasteiger partial charge >= 0.3 is 0 Å². The lowest BCUT2D eigenvalue weighted by Gasteiger charge is -2.37. The van der Waals surface area contributed by atoms with E-state index in [0.29, 0.717) is 15.9 Å². The Bertz CT molecular complexity index is 523. The Balaban J connectivity index is 2.22. The van der Waals surface area contributed by atoms with Gasteiger partial charge in [-0.1, -0.05) is 11.6 Å². The van der Waals surface area contributed by atoms with Crippen LogP contribution in [-0.4, -0.2) is 49.2 Å². The number of Topliss-reactive ketones (excluding diaryl/α,β-unsaturated/α-hetero) is 1. The average Bonchev–Trinajstić information content (AvgIpc) is 2.88. The predicted molar refractivity (Wildman–Crippen MR) is 91.0 cm³/mol. The molecule has 5 nitrogen and oxygen atoms in total. The zero-order valence-corrected chi connectivity index (χ0v) is 14.5. The molecule has 0 aliphatic carbocycles. The second-order valence-electron chi connectivity index (χ2n) is 5.97. The Hall–Kier alpha value is -0.500. The molecule has 1 aromatic rings. The van der Waals surface area contributed by atoms with E-state index in [1.165, 1.54) is 11.3 Å². The van der Waals surface area contributed by atoms with Crippen molar-refractivity contribution in [2.45, 2.75) is 43.8 Å². The number of aliphatic hydroxyl groups excluding tert-OH is 1. The number of nitrogens with one attached hydrogen (secondary N) is 2. The number of hydrogen-bond donors (Lipinski definition) is 4. The number of thiophene rings is 1. The number of halogens is 1. The summed E-state index contributed by atoms with van der Waals surface area (Å²) in [5.74, 6) is -0.0208. The Kier molecular flexibility index (Phi) is 6.37. The van der Waals surface area contributed by atoms with Gasteiger partial charge in [0.1, 0.15) is 6.61 Å². The number of likely N-dealkylation sites (N-methyl/N-ethyl adjacent to an activating group) is 1. The Morgan fingerprint density at radius 2 is 2.36 bits per heavy atom. The lowest BCUT2D eigenvalue weighted by atomic mass is 9.83. The zero-order chi connectivity index (χ0) is 16.3. The first-order chi connectivity index (χ1) is 10.5. The van der Waals surface area contributed by atoms with Crippen molar-refractivity contribution in [2.24, 2.45) is 5.73 Å². The van der Waals surface area contributed by atoms with Crippen LogP contribution in [0.4, 0.5) is 0 Å². The van der Waals surface area contributed by atoms with Gasteiger partial charge in [-0.05, 0) is 38.8 Å². The molecule has 0 saturated carbocycles. The smallest absolute Gasteiger partial charge is 0.189 e. The van der Waals surface area contributed by atoms with E-state index in [0.717, 1.165) is 24.3 Å². The summed E-state index contributed by atoms with van der Waals surface area (Å²) in [6, 6.07) is 2.21. The molecule has 2 heterocycles. The average molecular weight is 346 g/mol. The molecule has 4 atom stereocenters. The van der Waals surface area contributed by atoms with E-state index in [1.54, 1.807) is 6.07 Å². The van der Waals surface area contributed by atoms with E-state index < -0.39 is 6.61 Å². The molecule has 0 radical (unpaired) electrons. The Morgan fingerprint density at radius 3 is 3.00 bits per heavy atom. The molecule has 1 saturated heterocycles. The molecule has 5 N–H and O–H groups in total. The van der Waals surface area contributed by atoms with Crippen LogP contribution in [0.5, 0.6) is 0 Å². The van der Waals surface area contributed by atoms with Crippen molar-refractivity contribution in [3.8, 4) is 0 Å². The Morgan fingerprint density at radius 1 is 1.64 bits per heavy atom. The van der Waals surface area contributed by atoms with Gasteiger partial charge < -0.3 is 21.5 Å². The van der Waals surface area contributed by atoms with Crippen LogP contribution in [0.25, 0.3) is 0 Å². The van der Waals surface area contributed by atoms with Gasteiger partial charge in [0.05, 0.1) is 4.34 Å². The minimum atomic E-state index is -0.483. The molecule has 1 aromatic heterocycles. The summed E-state index contributed by atoms with van der Waals surface area (Å²) in [6.45, 7) is 2.39. The topological polar surface area (TPSA) is 87.4 Å². The fourth-order valence-corrected chi connectivity index (χ4v) is 4.59. The predicted octanol–water partition coefficient (Wildman–Crippen LogP) is 1.35. The first kappa shape index (κ1) is 17.8. The molecule has 1 fully saturated rings. The van der Waals surface area contributed by atoms with Crippen molar-refractivity contribution in [1.29, 1.82) is 0 Å². The van der Waals surface area contributed by atoms with Crippen LogP contribution < -0.4 is 16.4 Å². The van der Waals surface area contributed by atoms with E-state index in [2.05, 4.69) is 17.6 Å². The van der Waals surface area contributed by atoms with E-state index in [-0.39, 0.29) is 23.8 Å². The highest BCUT2D eigenvalue weighted by Crippen LogP contribution is 2.39. The monoisotopic (exact) mass is 345 g/mol. The van der Waals surface area contributed by atoms with E-state index >= 15 is 0 Å². The van der Waals surface area contributed by atoms with Gasteiger partial charge in [-0.25, -0.2) is 0 Å². The van der Waals surface area contributed by atoms with Gasteiger partial charge in [-0.3, -0.25) is 4.79 Å². The maximum absolute atomic E-state index is 11.9. The quantitative estimate of drug-likeness (QED) is 0.585. The number of hydrogen-bond acceptors (Lipinski definition) is 6. The minimum Gasteiger partial charge on any atom is -0.388 e. The molecule has 0 bridgehead atoms. The van der Waals surface area contributed by atoms with Crippen molar-refractivity contribution in [3.63, 3.8) is 0 Å². The van der Waals surface area contributed by atoms with Gasteiger partial charge in [0.25, 0.3) is 0 Å². The third-order valence-corrected chi connectivity index (χ3v) is 5.60. The summed E-state index contributed by atoms with van der Waals surface area (Å²) >= 11 is 7.55. The van der Waals surface area contributed by atoms with Gasteiger partial charge in [-0.15, -0.1) is 11.3 Å². The number of nitrogens with two attached hydrogens (primary N) is 1. The van der Waals surface area contributed by atoms with Gasteiger partial charge in [-0.2, -0.15) is 0 Å². The van der Waals surface area contributed by atoms with Crippen LogP contribution in [-0.2, 0) is 0 Å². The third kappa shape index (κ3) is 4.07. The van der Waals surface area contributed by atoms with E-state index in [9.17, 15) is 4.79 Å². The SMILES string of the molecule is CNCC(N)C1CC(c2sc(Cl)cc2C(=O)CO)CC(C)N1. The van der Waals surface area contributed by atoms with Crippen molar-refractivity contribution >= 4 is 28.7 Å². The van der Waals surface area contributed by atoms with E-state index in [4.69, 9.17) is 22.4 Å². The largest absolute Gasteiger partial charge is 0.388 e. The molecule has 2 rings (SSSR count). The first-order valence-electron chi connectivity index (χ1n) is 7.55. The second-order valence-corrected chi connectivity index (χ2v) is 7.69. The van der Waals surface area contributed by atoms with E-state index in [1.807, 2.05) is 7.05 Å². The molecular formula is C15H24ClN3O2S. The molecule has 1 aliphatic rings. The Labute approximate surface area is 140 Å². The zero-order valence-electron chi connectivity index (χ0n) is 12.9. The maximum atomic E-state index is 11.9. The van der Waals surface area contributed by atoms with Crippen LogP contribution in [0.15, 0.2) is 6.07 Å². The highest BCUT2D eigenvalue weighted by atomic mass is 35.5. The molecule has 0 aromatic carbocycles. The van der Waals surface area contributed by atoms with Crippen LogP contribution >= 0.6 is 22.9 Å². The van der Waals surface area contributed by atoms with Gasteiger partial charge in [0, 0.05) is 35.1 Å². The maximum Gasteiger partial charge on any atom is 0.189 e. The fourth-order valence-electron chi connectivity index (χ4n) is 3.20. The number of ketones is 1. The molecule has 22 heavy (non-hydrogen) atoms. The highest BCUT2D eigenvalue weighted by Gasteiger charge is 2.33. The standard InChI is InChI=1S/C15H24ClN3O2S/c1-8-3-9(4-12(19-8)11(17)6-18-2)15-10(13(21)7-20)5-14(16)22-15/h5,8-9,11-12,18-20H,3-4,6-7,17H2,1-2H3. The second kappa shape index (κ2) is 7.86. The first-order valence-corrected chi connectivity index (χ1v) is 8.75. The lowest BCUT2D eigenvalue weighted by molar-refractivity contribution is 0.0902. The summed E-state index contributed by atoms with van der Waals surface area (Å²) in [4.78, 5) is 12.9. The molecule has 4 unspecified atom stereocenters. The number of rotatable bonds is 6. The molecular weight excluding hydrogens is 322 g/mol. The summed E-state index contributed by atoms with van der Waals surface area (Å²) in [7, 11) is 1.89. The van der Waals surface area contributed by atoms with Crippen LogP contribution in [0, 0.1) is 0 Å². The third-order valence-electron chi connectivity index (χ3n) is 4.18. The normalized spacial score (nSPS) is 26.9. The van der Waals surface area contributed by atoms with Crippen LogP contribution in [0.1, 0.15) is 40.9 Å². The minimum absolute atomic E-state index is 0.0164. The molecule has 0 amide bonds. The highest BCUT2D eigenvalue weighted by molar-refractivity contribution is 7.16.